The van der Waals surface area contributed by atoms with Crippen molar-refractivity contribution in [1.82, 2.24) is 4.90 Å². The summed E-state index contributed by atoms with van der Waals surface area (Å²) in [7, 11) is 3.89. The first-order valence-electron chi connectivity index (χ1n) is 7.64. The van der Waals surface area contributed by atoms with E-state index in [2.05, 4.69) is 30.2 Å². The second-order valence-electron chi connectivity index (χ2n) is 6.52. The van der Waals surface area contributed by atoms with Gasteiger partial charge in [0.05, 0.1) is 12.5 Å². The van der Waals surface area contributed by atoms with Crippen LogP contribution in [0.1, 0.15) is 24.0 Å². The van der Waals surface area contributed by atoms with Gasteiger partial charge in [-0.2, -0.15) is 0 Å². The van der Waals surface area contributed by atoms with E-state index in [0.717, 1.165) is 37.4 Å². The molecule has 0 saturated carbocycles. The van der Waals surface area contributed by atoms with Gasteiger partial charge in [-0.3, -0.25) is 0 Å². The fourth-order valence-corrected chi connectivity index (χ4v) is 4.12. The van der Waals surface area contributed by atoms with Crippen molar-refractivity contribution in [3.05, 3.63) is 35.4 Å². The zero-order valence-electron chi connectivity index (χ0n) is 12.6. The van der Waals surface area contributed by atoms with E-state index < -0.39 is 0 Å². The molecule has 0 aromatic heterocycles. The molecule has 1 aromatic carbocycles. The molecule has 1 aromatic rings. The van der Waals surface area contributed by atoms with Crippen LogP contribution in [0.5, 0.6) is 11.5 Å². The lowest BCUT2D eigenvalue weighted by molar-refractivity contribution is 0.134. The first-order chi connectivity index (χ1) is 10.1. The summed E-state index contributed by atoms with van der Waals surface area (Å²) < 4.78 is 11.9. The van der Waals surface area contributed by atoms with Crippen LogP contribution in [-0.2, 0) is 12.0 Å². The summed E-state index contributed by atoms with van der Waals surface area (Å²) in [6.45, 7) is 2.03. The zero-order valence-corrected chi connectivity index (χ0v) is 12.6. The van der Waals surface area contributed by atoms with E-state index in [4.69, 9.17) is 15.2 Å². The van der Waals surface area contributed by atoms with Gasteiger partial charge >= 0.3 is 0 Å². The van der Waals surface area contributed by atoms with Crippen LogP contribution >= 0.6 is 0 Å². The third kappa shape index (κ3) is 1.75. The second-order valence-corrected chi connectivity index (χ2v) is 6.52. The SMILES string of the molecule is COc1ccc2c3c1OC1CC(N)C=C[C@@]31CCN(C)C2. The van der Waals surface area contributed by atoms with Crippen molar-refractivity contribution < 1.29 is 9.47 Å². The largest absolute Gasteiger partial charge is 0.493 e. The Kier molecular flexibility index (Phi) is 2.81. The van der Waals surface area contributed by atoms with E-state index in [1.807, 2.05) is 6.07 Å². The first-order valence-corrected chi connectivity index (χ1v) is 7.64. The molecule has 0 saturated heterocycles. The number of ether oxygens (including phenoxy) is 2. The van der Waals surface area contributed by atoms with Gasteiger partial charge < -0.3 is 20.1 Å². The molecule has 2 heterocycles. The predicted molar refractivity (Wildman–Crippen MR) is 81.8 cm³/mol. The van der Waals surface area contributed by atoms with Gasteiger partial charge in [0, 0.05) is 24.6 Å². The lowest BCUT2D eigenvalue weighted by Crippen LogP contribution is -2.44. The molecule has 3 atom stereocenters. The van der Waals surface area contributed by atoms with Crippen LogP contribution in [0, 0.1) is 0 Å². The third-order valence-electron chi connectivity index (χ3n) is 5.20. The normalized spacial score (nSPS) is 33.9. The molecule has 0 radical (unpaired) electrons. The number of rotatable bonds is 1. The molecule has 2 unspecified atom stereocenters. The summed E-state index contributed by atoms with van der Waals surface area (Å²) in [6.07, 6.45) is 6.54. The van der Waals surface area contributed by atoms with E-state index in [1.54, 1.807) is 7.11 Å². The number of hydrogen-bond acceptors (Lipinski definition) is 4. The van der Waals surface area contributed by atoms with Gasteiger partial charge in [-0.05, 0) is 31.6 Å². The topological polar surface area (TPSA) is 47.7 Å². The molecule has 2 N–H and O–H groups in total. The van der Waals surface area contributed by atoms with Crippen LogP contribution in [0.25, 0.3) is 0 Å². The summed E-state index contributed by atoms with van der Waals surface area (Å²) in [4.78, 5) is 2.38. The van der Waals surface area contributed by atoms with Gasteiger partial charge in [-0.25, -0.2) is 0 Å². The maximum absolute atomic E-state index is 6.33. The monoisotopic (exact) mass is 286 g/mol. The smallest absolute Gasteiger partial charge is 0.166 e. The van der Waals surface area contributed by atoms with Crippen LogP contribution in [0.4, 0.5) is 0 Å². The molecule has 2 aliphatic heterocycles. The van der Waals surface area contributed by atoms with Crippen molar-refractivity contribution in [3.63, 3.8) is 0 Å². The van der Waals surface area contributed by atoms with Crippen molar-refractivity contribution in [3.8, 4) is 11.5 Å². The van der Waals surface area contributed by atoms with Crippen molar-refractivity contribution >= 4 is 0 Å². The van der Waals surface area contributed by atoms with Crippen molar-refractivity contribution in [2.75, 3.05) is 20.7 Å². The molecule has 1 spiro atoms. The highest BCUT2D eigenvalue weighted by Gasteiger charge is 2.52. The van der Waals surface area contributed by atoms with Gasteiger partial charge in [-0.15, -0.1) is 0 Å². The molecule has 3 aliphatic rings. The molecule has 4 rings (SSSR count). The molecule has 21 heavy (non-hydrogen) atoms. The number of hydrogen-bond donors (Lipinski definition) is 1. The van der Waals surface area contributed by atoms with Crippen molar-refractivity contribution in [2.24, 2.45) is 5.73 Å². The quantitative estimate of drug-likeness (QED) is 0.800. The molecular formula is C17H22N2O2. The molecule has 112 valence electrons. The van der Waals surface area contributed by atoms with Gasteiger partial charge in [-0.1, -0.05) is 18.2 Å². The zero-order chi connectivity index (χ0) is 14.6. The molecule has 0 bridgehead atoms. The fraction of sp³-hybridized carbons (Fsp3) is 0.529. The van der Waals surface area contributed by atoms with E-state index >= 15 is 0 Å². The van der Waals surface area contributed by atoms with Crippen LogP contribution in [-0.4, -0.2) is 37.7 Å². The van der Waals surface area contributed by atoms with Gasteiger partial charge in [0.25, 0.3) is 0 Å². The predicted octanol–water partition coefficient (Wildman–Crippen LogP) is 1.82. The maximum atomic E-state index is 6.33. The molecule has 0 amide bonds. The lowest BCUT2D eigenvalue weighted by atomic mass is 9.69. The second kappa shape index (κ2) is 4.49. The minimum Gasteiger partial charge on any atom is -0.493 e. The van der Waals surface area contributed by atoms with Crippen LogP contribution in [0.2, 0.25) is 0 Å². The number of benzene rings is 1. The summed E-state index contributed by atoms with van der Waals surface area (Å²) >= 11 is 0. The molecule has 4 heteroatoms. The highest BCUT2D eigenvalue weighted by molar-refractivity contribution is 5.61. The molecule has 1 aliphatic carbocycles. The van der Waals surface area contributed by atoms with Gasteiger partial charge in [0.15, 0.2) is 11.5 Å². The van der Waals surface area contributed by atoms with Crippen LogP contribution in [0.3, 0.4) is 0 Å². The molecule has 0 fully saturated rings. The Labute approximate surface area is 125 Å². The molecular weight excluding hydrogens is 264 g/mol. The average Bonchev–Trinajstić information content (AvgIpc) is 2.72. The average molecular weight is 286 g/mol. The Morgan fingerprint density at radius 1 is 1.43 bits per heavy atom. The fourth-order valence-electron chi connectivity index (χ4n) is 4.12. The van der Waals surface area contributed by atoms with Crippen molar-refractivity contribution in [1.29, 1.82) is 0 Å². The Morgan fingerprint density at radius 2 is 2.29 bits per heavy atom. The number of nitrogens with two attached hydrogens (primary N) is 1. The van der Waals surface area contributed by atoms with Crippen molar-refractivity contribution in [2.45, 2.75) is 36.9 Å². The Morgan fingerprint density at radius 3 is 3.10 bits per heavy atom. The highest BCUT2D eigenvalue weighted by Crippen LogP contribution is 2.55. The number of methoxy groups -OCH3 is 1. The van der Waals surface area contributed by atoms with Crippen LogP contribution in [0.15, 0.2) is 24.3 Å². The third-order valence-corrected chi connectivity index (χ3v) is 5.20. The number of nitrogens with zero attached hydrogens (tertiary/aromatic N) is 1. The lowest BCUT2D eigenvalue weighted by Gasteiger charge is -2.36. The van der Waals surface area contributed by atoms with Crippen LogP contribution < -0.4 is 15.2 Å². The Bertz CT molecular complexity index is 613. The summed E-state index contributed by atoms with van der Waals surface area (Å²) in [5.74, 6) is 1.78. The minimum absolute atomic E-state index is 0.0279. The highest BCUT2D eigenvalue weighted by atomic mass is 16.5. The molecule has 4 nitrogen and oxygen atoms in total. The van der Waals surface area contributed by atoms with E-state index in [-0.39, 0.29) is 17.6 Å². The standard InChI is InChI=1S/C17H22N2O2/c1-19-8-7-17-6-5-12(18)9-14(17)21-16-13(20-2)4-3-11(10-19)15(16)17/h3-6,12,14H,7-10,18H2,1-2H3/t12?,14?,17-/m0/s1. The Balaban J connectivity index is 1.95. The Hall–Kier alpha value is -1.52. The van der Waals surface area contributed by atoms with Gasteiger partial charge in [0.2, 0.25) is 0 Å². The van der Waals surface area contributed by atoms with E-state index in [0.29, 0.717) is 0 Å². The van der Waals surface area contributed by atoms with Gasteiger partial charge in [0.1, 0.15) is 6.10 Å². The maximum Gasteiger partial charge on any atom is 0.166 e. The van der Waals surface area contributed by atoms with E-state index in [1.165, 1.54) is 11.1 Å². The summed E-state index contributed by atoms with van der Waals surface area (Å²) in [5.41, 5.74) is 8.78. The van der Waals surface area contributed by atoms with E-state index in [9.17, 15) is 0 Å². The summed E-state index contributed by atoms with van der Waals surface area (Å²) in [6, 6.07) is 4.31. The minimum atomic E-state index is -0.0279. The first kappa shape index (κ1) is 13.2. The summed E-state index contributed by atoms with van der Waals surface area (Å²) in [5, 5.41) is 0.